The molecule has 124 valence electrons. The number of carbonyl (C=O) groups excluding carboxylic acids is 2. The first-order valence-corrected chi connectivity index (χ1v) is 7.20. The molecule has 1 atom stereocenters. The van der Waals surface area contributed by atoms with Crippen molar-refractivity contribution in [1.29, 1.82) is 5.41 Å². The number of rotatable bonds is 5. The Kier molecular flexibility index (Phi) is 5.25. The quantitative estimate of drug-likeness (QED) is 0.553. The number of amides is 2. The Labute approximate surface area is 132 Å². The number of alkyl halides is 2. The Balaban J connectivity index is 1.93. The van der Waals surface area contributed by atoms with Gasteiger partial charge in [-0.05, 0) is 18.4 Å². The van der Waals surface area contributed by atoms with Crippen LogP contribution in [0.3, 0.4) is 0 Å². The lowest BCUT2D eigenvalue weighted by atomic mass is 10.1. The second kappa shape index (κ2) is 7.17. The Morgan fingerprint density at radius 3 is 2.57 bits per heavy atom. The minimum absolute atomic E-state index is 0.0484. The normalized spacial score (nSPS) is 17.3. The van der Waals surface area contributed by atoms with Crippen LogP contribution < -0.4 is 11.1 Å². The van der Waals surface area contributed by atoms with E-state index >= 15 is 0 Å². The Morgan fingerprint density at radius 1 is 1.35 bits per heavy atom. The summed E-state index contributed by atoms with van der Waals surface area (Å²) in [6.07, 6.45) is -2.18. The van der Waals surface area contributed by atoms with Gasteiger partial charge in [0.15, 0.2) is 0 Å². The van der Waals surface area contributed by atoms with Gasteiger partial charge in [0.25, 0.3) is 5.91 Å². The molecule has 1 heterocycles. The lowest BCUT2D eigenvalue weighted by Gasteiger charge is -2.23. The molecule has 8 heteroatoms. The van der Waals surface area contributed by atoms with E-state index in [1.807, 2.05) is 0 Å². The fraction of sp³-hybridized carbons (Fsp3) is 0.400. The third-order valence-corrected chi connectivity index (χ3v) is 3.76. The van der Waals surface area contributed by atoms with Crippen LogP contribution in [-0.2, 0) is 16.1 Å². The number of hydrogen-bond donors (Lipinski definition) is 3. The van der Waals surface area contributed by atoms with Crippen molar-refractivity contribution in [3.63, 3.8) is 0 Å². The summed E-state index contributed by atoms with van der Waals surface area (Å²) < 4.78 is 25.0. The highest BCUT2D eigenvalue weighted by Gasteiger charge is 2.37. The van der Waals surface area contributed by atoms with Gasteiger partial charge in [-0.2, -0.15) is 8.78 Å². The van der Waals surface area contributed by atoms with E-state index in [1.54, 1.807) is 24.3 Å². The number of likely N-dealkylation sites (tertiary alicyclic amines) is 1. The van der Waals surface area contributed by atoms with E-state index in [2.05, 4.69) is 5.32 Å². The molecule has 0 saturated carbocycles. The summed E-state index contributed by atoms with van der Waals surface area (Å²) in [6.45, 7) is 0.388. The zero-order valence-corrected chi connectivity index (χ0v) is 12.4. The van der Waals surface area contributed by atoms with Crippen LogP contribution in [0.2, 0.25) is 0 Å². The molecule has 0 unspecified atom stereocenters. The third-order valence-electron chi connectivity index (χ3n) is 3.76. The summed E-state index contributed by atoms with van der Waals surface area (Å²) in [5, 5.41) is 9.95. The molecule has 0 aliphatic carbocycles. The first-order valence-electron chi connectivity index (χ1n) is 7.20. The van der Waals surface area contributed by atoms with E-state index in [0.29, 0.717) is 18.4 Å². The van der Waals surface area contributed by atoms with E-state index in [1.165, 1.54) is 0 Å². The van der Waals surface area contributed by atoms with Gasteiger partial charge in [-0.25, -0.2) is 0 Å². The van der Waals surface area contributed by atoms with Crippen molar-refractivity contribution in [3.05, 3.63) is 35.4 Å². The maximum atomic E-state index is 12.5. The zero-order valence-electron chi connectivity index (χ0n) is 12.4. The maximum Gasteiger partial charge on any atom is 0.315 e. The van der Waals surface area contributed by atoms with Gasteiger partial charge in [-0.3, -0.25) is 15.0 Å². The zero-order chi connectivity index (χ0) is 17.0. The first kappa shape index (κ1) is 16.9. The van der Waals surface area contributed by atoms with Gasteiger partial charge in [0.05, 0.1) is 0 Å². The largest absolute Gasteiger partial charge is 0.384 e. The average Bonchev–Trinajstić information content (AvgIpc) is 3.01. The van der Waals surface area contributed by atoms with Crippen LogP contribution in [0, 0.1) is 5.41 Å². The molecule has 0 spiro atoms. The second-order valence-electron chi connectivity index (χ2n) is 5.32. The van der Waals surface area contributed by atoms with Gasteiger partial charge < -0.3 is 16.0 Å². The molecule has 2 amide bonds. The summed E-state index contributed by atoms with van der Waals surface area (Å²) >= 11 is 0. The van der Waals surface area contributed by atoms with Gasteiger partial charge in [-0.1, -0.05) is 24.3 Å². The third kappa shape index (κ3) is 4.02. The number of carbonyl (C=O) groups is 2. The smallest absolute Gasteiger partial charge is 0.315 e. The van der Waals surface area contributed by atoms with Crippen LogP contribution in [-0.4, -0.2) is 41.6 Å². The molecule has 6 nitrogen and oxygen atoms in total. The van der Waals surface area contributed by atoms with E-state index in [0.717, 1.165) is 10.5 Å². The average molecular weight is 324 g/mol. The number of halogens is 2. The summed E-state index contributed by atoms with van der Waals surface area (Å²) in [7, 11) is 0. The Bertz CT molecular complexity index is 604. The van der Waals surface area contributed by atoms with E-state index < -0.39 is 24.3 Å². The Hall–Kier alpha value is -2.51. The minimum atomic E-state index is -3.09. The van der Waals surface area contributed by atoms with Gasteiger partial charge in [0.2, 0.25) is 5.91 Å². The Morgan fingerprint density at radius 2 is 2.00 bits per heavy atom. The predicted octanol–water partition coefficient (Wildman–Crippen LogP) is 0.843. The number of nitrogens with two attached hydrogens (primary N) is 1. The minimum Gasteiger partial charge on any atom is -0.384 e. The summed E-state index contributed by atoms with van der Waals surface area (Å²) in [5.74, 6) is -1.78. The van der Waals surface area contributed by atoms with Gasteiger partial charge in [0, 0.05) is 18.7 Å². The fourth-order valence-electron chi connectivity index (χ4n) is 2.54. The molecular weight excluding hydrogens is 306 g/mol. The molecule has 1 aromatic rings. The number of hydrogen-bond acceptors (Lipinski definition) is 3. The van der Waals surface area contributed by atoms with Gasteiger partial charge in [0.1, 0.15) is 11.9 Å². The number of amidine groups is 1. The van der Waals surface area contributed by atoms with Crippen molar-refractivity contribution in [2.45, 2.75) is 31.9 Å². The molecule has 1 aliphatic rings. The van der Waals surface area contributed by atoms with Crippen LogP contribution >= 0.6 is 0 Å². The maximum absolute atomic E-state index is 12.5. The fourth-order valence-corrected chi connectivity index (χ4v) is 2.54. The summed E-state index contributed by atoms with van der Waals surface area (Å²) in [6, 6.07) is 5.91. The molecule has 0 radical (unpaired) electrons. The highest BCUT2D eigenvalue weighted by Crippen LogP contribution is 2.19. The lowest BCUT2D eigenvalue weighted by Crippen LogP contribution is -2.47. The molecule has 1 aliphatic heterocycles. The number of benzene rings is 1. The molecule has 1 aromatic carbocycles. The van der Waals surface area contributed by atoms with Crippen molar-refractivity contribution >= 4 is 17.6 Å². The molecule has 1 saturated heterocycles. The molecule has 4 N–H and O–H groups in total. The monoisotopic (exact) mass is 324 g/mol. The second-order valence-corrected chi connectivity index (χ2v) is 5.32. The topological polar surface area (TPSA) is 99.3 Å². The standard InChI is InChI=1S/C15H18F2N4O2/c16-12(17)15(23)21-7-1-2-11(21)14(22)20-8-9-3-5-10(6-4-9)13(18)19/h3-6,11-12H,1-2,7-8H2,(H3,18,19)(H,20,22)/t11-/m0/s1. The van der Waals surface area contributed by atoms with Crippen molar-refractivity contribution in [2.75, 3.05) is 6.54 Å². The number of nitrogens with zero attached hydrogens (tertiary/aromatic N) is 1. The van der Waals surface area contributed by atoms with Crippen molar-refractivity contribution in [3.8, 4) is 0 Å². The van der Waals surface area contributed by atoms with Crippen molar-refractivity contribution < 1.29 is 18.4 Å². The summed E-state index contributed by atoms with van der Waals surface area (Å²) in [4.78, 5) is 24.5. The number of nitrogens with one attached hydrogen (secondary N) is 2. The highest BCUT2D eigenvalue weighted by molar-refractivity contribution is 5.94. The number of nitrogen functional groups attached to an aromatic ring is 1. The van der Waals surface area contributed by atoms with Crippen LogP contribution in [0.5, 0.6) is 0 Å². The molecule has 23 heavy (non-hydrogen) atoms. The lowest BCUT2D eigenvalue weighted by molar-refractivity contribution is -0.147. The van der Waals surface area contributed by atoms with Crippen LogP contribution in [0.1, 0.15) is 24.0 Å². The van der Waals surface area contributed by atoms with Crippen LogP contribution in [0.4, 0.5) is 8.78 Å². The molecule has 0 aromatic heterocycles. The SMILES string of the molecule is N=C(N)c1ccc(CNC(=O)[C@@H]2CCCN2C(=O)C(F)F)cc1. The predicted molar refractivity (Wildman–Crippen MR) is 80.0 cm³/mol. The van der Waals surface area contributed by atoms with Crippen molar-refractivity contribution in [1.82, 2.24) is 10.2 Å². The molecule has 0 bridgehead atoms. The van der Waals surface area contributed by atoms with Crippen LogP contribution in [0.15, 0.2) is 24.3 Å². The first-order chi connectivity index (χ1) is 10.9. The van der Waals surface area contributed by atoms with E-state index in [9.17, 15) is 18.4 Å². The van der Waals surface area contributed by atoms with Gasteiger partial charge >= 0.3 is 6.43 Å². The molecule has 2 rings (SSSR count). The highest BCUT2D eigenvalue weighted by atomic mass is 19.3. The van der Waals surface area contributed by atoms with E-state index in [-0.39, 0.29) is 18.9 Å². The summed E-state index contributed by atoms with van der Waals surface area (Å²) in [5.41, 5.74) is 6.71. The molecular formula is C15H18F2N4O2. The van der Waals surface area contributed by atoms with Gasteiger partial charge in [-0.15, -0.1) is 0 Å². The van der Waals surface area contributed by atoms with Crippen molar-refractivity contribution in [2.24, 2.45) is 5.73 Å². The van der Waals surface area contributed by atoms with E-state index in [4.69, 9.17) is 11.1 Å². The van der Waals surface area contributed by atoms with Crippen LogP contribution in [0.25, 0.3) is 0 Å². The molecule has 1 fully saturated rings.